The molecule has 0 bridgehead atoms. The van der Waals surface area contributed by atoms with Gasteiger partial charge in [0.2, 0.25) is 0 Å². The number of fused-ring (bicyclic) bond motifs is 1. The van der Waals surface area contributed by atoms with Crippen LogP contribution in [0.3, 0.4) is 0 Å². The molecule has 1 aliphatic carbocycles. The third-order valence-electron chi connectivity index (χ3n) is 6.72. The summed E-state index contributed by atoms with van der Waals surface area (Å²) in [5.41, 5.74) is 9.46. The fraction of sp³-hybridized carbons (Fsp3) is 0.565. The van der Waals surface area contributed by atoms with E-state index in [1.165, 1.54) is 12.8 Å². The second-order valence-corrected chi connectivity index (χ2v) is 9.16. The fourth-order valence-corrected chi connectivity index (χ4v) is 4.83. The van der Waals surface area contributed by atoms with E-state index < -0.39 is 0 Å². The summed E-state index contributed by atoms with van der Waals surface area (Å²) in [6.07, 6.45) is 11.0. The number of amides is 1. The Labute approximate surface area is 182 Å². The Morgan fingerprint density at radius 1 is 1.16 bits per heavy atom. The summed E-state index contributed by atoms with van der Waals surface area (Å²) >= 11 is 0. The molecule has 5 rings (SSSR count). The van der Waals surface area contributed by atoms with Crippen molar-refractivity contribution in [3.05, 3.63) is 35.3 Å². The topological polar surface area (TPSA) is 104 Å². The number of carbonyl (C=O) groups is 1. The monoisotopic (exact) mass is 421 g/mol. The number of likely N-dealkylation sites (tertiary alicyclic amines) is 1. The summed E-state index contributed by atoms with van der Waals surface area (Å²) < 4.78 is 1.83. The molecule has 0 radical (unpaired) electrons. The van der Waals surface area contributed by atoms with Gasteiger partial charge in [0.15, 0.2) is 5.65 Å². The number of hydrogen-bond donors (Lipinski definition) is 2. The Morgan fingerprint density at radius 3 is 2.65 bits per heavy atom. The lowest BCUT2D eigenvalue weighted by molar-refractivity contribution is -0.127. The molecule has 1 atom stereocenters. The molecular weight excluding hydrogens is 390 g/mol. The molecule has 2 aromatic rings. The Hall–Kier alpha value is -2.90. The summed E-state index contributed by atoms with van der Waals surface area (Å²) in [7, 11) is 0. The van der Waals surface area contributed by atoms with Gasteiger partial charge in [-0.05, 0) is 63.9 Å². The highest BCUT2D eigenvalue weighted by Crippen LogP contribution is 2.34. The van der Waals surface area contributed by atoms with Crippen molar-refractivity contribution >= 4 is 23.1 Å². The van der Waals surface area contributed by atoms with Crippen LogP contribution < -0.4 is 10.6 Å². The van der Waals surface area contributed by atoms with Crippen LogP contribution in [0, 0.1) is 18.3 Å². The van der Waals surface area contributed by atoms with Crippen molar-refractivity contribution in [2.24, 2.45) is 11.7 Å². The summed E-state index contributed by atoms with van der Waals surface area (Å²) in [6.45, 7) is 4.82. The van der Waals surface area contributed by atoms with Crippen LogP contribution in [-0.2, 0) is 4.79 Å². The SMILES string of the molecule is Cc1cn2nc([C@@H]3CCCCN3C(=O)C(=N)/C=C(\N)C3CC3)cc2nc1N1CCCC1. The van der Waals surface area contributed by atoms with E-state index in [0.717, 1.165) is 67.9 Å². The number of nitrogens with zero attached hydrogens (tertiary/aromatic N) is 5. The average molecular weight is 422 g/mol. The third-order valence-corrected chi connectivity index (χ3v) is 6.72. The van der Waals surface area contributed by atoms with E-state index in [1.54, 1.807) is 11.0 Å². The van der Waals surface area contributed by atoms with E-state index in [9.17, 15) is 4.79 Å². The minimum atomic E-state index is -0.257. The first kappa shape index (κ1) is 20.0. The van der Waals surface area contributed by atoms with Crippen molar-refractivity contribution in [2.75, 3.05) is 24.5 Å². The number of piperidine rings is 1. The van der Waals surface area contributed by atoms with E-state index in [1.807, 2.05) is 16.8 Å². The highest BCUT2D eigenvalue weighted by atomic mass is 16.2. The Morgan fingerprint density at radius 2 is 1.90 bits per heavy atom. The predicted molar refractivity (Wildman–Crippen MR) is 120 cm³/mol. The summed E-state index contributed by atoms with van der Waals surface area (Å²) in [5, 5.41) is 13.1. The number of nitrogens with one attached hydrogen (secondary N) is 1. The van der Waals surface area contributed by atoms with Gasteiger partial charge in [-0.1, -0.05) is 0 Å². The van der Waals surface area contributed by atoms with Crippen molar-refractivity contribution in [2.45, 2.75) is 57.9 Å². The van der Waals surface area contributed by atoms with Gasteiger partial charge in [-0.25, -0.2) is 9.50 Å². The van der Waals surface area contributed by atoms with Crippen molar-refractivity contribution < 1.29 is 4.79 Å². The zero-order valence-electron chi connectivity index (χ0n) is 18.2. The van der Waals surface area contributed by atoms with Gasteiger partial charge in [0.1, 0.15) is 11.5 Å². The zero-order valence-corrected chi connectivity index (χ0v) is 18.2. The second-order valence-electron chi connectivity index (χ2n) is 9.16. The molecule has 1 amide bonds. The largest absolute Gasteiger partial charge is 0.402 e. The molecule has 3 aliphatic rings. The molecule has 3 fully saturated rings. The van der Waals surface area contributed by atoms with Crippen molar-refractivity contribution in [3.63, 3.8) is 0 Å². The molecule has 0 aromatic carbocycles. The first-order valence-corrected chi connectivity index (χ1v) is 11.5. The summed E-state index contributed by atoms with van der Waals surface area (Å²) in [4.78, 5) is 22.1. The smallest absolute Gasteiger partial charge is 0.272 e. The lowest BCUT2D eigenvalue weighted by Crippen LogP contribution is -2.42. The maximum Gasteiger partial charge on any atom is 0.272 e. The standard InChI is InChI=1S/C23H31N7O/c1-15-14-30-21(26-22(15)28-9-4-5-10-28)13-19(27-30)20-6-2-3-11-29(20)23(31)18(25)12-17(24)16-7-8-16/h12-14,16,20,25H,2-11,24H2,1H3/b17-12-,25-18?/t20-/m0/s1. The van der Waals surface area contributed by atoms with E-state index in [2.05, 4.69) is 11.8 Å². The number of nitrogens with two attached hydrogens (primary N) is 1. The van der Waals surface area contributed by atoms with Crippen molar-refractivity contribution in [1.29, 1.82) is 5.41 Å². The number of anilines is 1. The quantitative estimate of drug-likeness (QED) is 0.723. The van der Waals surface area contributed by atoms with Gasteiger partial charge in [0.05, 0.1) is 11.7 Å². The van der Waals surface area contributed by atoms with Crippen LogP contribution in [-0.4, -0.2) is 50.8 Å². The fourth-order valence-electron chi connectivity index (χ4n) is 4.83. The predicted octanol–water partition coefficient (Wildman–Crippen LogP) is 2.96. The third kappa shape index (κ3) is 3.91. The van der Waals surface area contributed by atoms with Gasteiger partial charge in [-0.2, -0.15) is 5.10 Å². The minimum absolute atomic E-state index is 0.0228. The molecule has 2 saturated heterocycles. The van der Waals surface area contributed by atoms with Gasteiger partial charge in [0, 0.05) is 43.2 Å². The molecule has 0 spiro atoms. The van der Waals surface area contributed by atoms with Crippen LogP contribution >= 0.6 is 0 Å². The van der Waals surface area contributed by atoms with Gasteiger partial charge >= 0.3 is 0 Å². The maximum absolute atomic E-state index is 13.1. The van der Waals surface area contributed by atoms with Crippen LogP contribution in [0.5, 0.6) is 0 Å². The number of hydrogen-bond acceptors (Lipinski definition) is 6. The van der Waals surface area contributed by atoms with Gasteiger partial charge < -0.3 is 15.5 Å². The first-order chi connectivity index (χ1) is 15.0. The molecule has 4 heterocycles. The molecule has 31 heavy (non-hydrogen) atoms. The van der Waals surface area contributed by atoms with Crippen LogP contribution in [0.4, 0.5) is 5.82 Å². The van der Waals surface area contributed by atoms with Crippen molar-refractivity contribution in [1.82, 2.24) is 19.5 Å². The Balaban J connectivity index is 1.42. The van der Waals surface area contributed by atoms with E-state index >= 15 is 0 Å². The van der Waals surface area contributed by atoms with Crippen LogP contribution in [0.15, 0.2) is 24.0 Å². The van der Waals surface area contributed by atoms with Crippen LogP contribution in [0.1, 0.15) is 62.2 Å². The van der Waals surface area contributed by atoms with Gasteiger partial charge in [-0.3, -0.25) is 10.2 Å². The van der Waals surface area contributed by atoms with Crippen molar-refractivity contribution in [3.8, 4) is 0 Å². The lowest BCUT2D eigenvalue weighted by Gasteiger charge is -2.34. The first-order valence-electron chi connectivity index (χ1n) is 11.5. The van der Waals surface area contributed by atoms with E-state index in [4.69, 9.17) is 21.2 Å². The number of carbonyl (C=O) groups excluding carboxylic acids is 1. The van der Waals surface area contributed by atoms with E-state index in [0.29, 0.717) is 18.2 Å². The highest BCUT2D eigenvalue weighted by Gasteiger charge is 2.32. The number of aryl methyl sites for hydroxylation is 1. The molecule has 3 N–H and O–H groups in total. The molecule has 2 aliphatic heterocycles. The Kier molecular flexibility index (Phi) is 5.16. The average Bonchev–Trinajstić information content (AvgIpc) is 3.33. The molecular formula is C23H31N7O. The second kappa shape index (κ2) is 7.98. The summed E-state index contributed by atoms with van der Waals surface area (Å²) in [6, 6.07) is 1.88. The number of aromatic nitrogens is 3. The summed E-state index contributed by atoms with van der Waals surface area (Å²) in [5.74, 6) is 1.13. The minimum Gasteiger partial charge on any atom is -0.402 e. The van der Waals surface area contributed by atoms with Crippen LogP contribution in [0.2, 0.25) is 0 Å². The maximum atomic E-state index is 13.1. The number of allylic oxidation sites excluding steroid dienone is 1. The molecule has 1 saturated carbocycles. The highest BCUT2D eigenvalue weighted by molar-refractivity contribution is 6.42. The lowest BCUT2D eigenvalue weighted by atomic mass is 9.98. The number of rotatable bonds is 5. The normalized spacial score (nSPS) is 22.4. The molecule has 0 unspecified atom stereocenters. The van der Waals surface area contributed by atoms with Crippen LogP contribution in [0.25, 0.3) is 5.65 Å². The van der Waals surface area contributed by atoms with Gasteiger partial charge in [0.25, 0.3) is 5.91 Å². The molecule has 8 heteroatoms. The van der Waals surface area contributed by atoms with Gasteiger partial charge in [-0.15, -0.1) is 0 Å². The molecule has 164 valence electrons. The molecule has 8 nitrogen and oxygen atoms in total. The zero-order chi connectivity index (χ0) is 21.5. The Bertz CT molecular complexity index is 1050. The molecule has 2 aromatic heterocycles. The van der Waals surface area contributed by atoms with E-state index in [-0.39, 0.29) is 17.7 Å².